The average Bonchev–Trinajstić information content (AvgIpc) is 3.01. The third-order valence-corrected chi connectivity index (χ3v) is 4.88. The molecule has 1 fully saturated rings. The lowest BCUT2D eigenvalue weighted by Crippen LogP contribution is -2.28. The maximum Gasteiger partial charge on any atom is 0.229 e. The number of carbonyl (C=O) groups is 2. The zero-order valence-corrected chi connectivity index (χ0v) is 16.3. The van der Waals surface area contributed by atoms with Gasteiger partial charge in [0.15, 0.2) is 0 Å². The summed E-state index contributed by atoms with van der Waals surface area (Å²) in [5.74, 6) is 0.265. The van der Waals surface area contributed by atoms with Gasteiger partial charge in [-0.2, -0.15) is 0 Å². The lowest BCUT2D eigenvalue weighted by molar-refractivity contribution is -0.122. The number of hydrogen-bond acceptors (Lipinski definition) is 3. The van der Waals surface area contributed by atoms with Gasteiger partial charge in [0.25, 0.3) is 0 Å². The smallest absolute Gasteiger partial charge is 0.229 e. The van der Waals surface area contributed by atoms with Crippen molar-refractivity contribution >= 4 is 23.2 Å². The summed E-state index contributed by atoms with van der Waals surface area (Å²) in [5.41, 5.74) is 3.77. The molecular weight excluding hydrogens is 340 g/mol. The Bertz CT molecular complexity index is 843. The van der Waals surface area contributed by atoms with Gasteiger partial charge in [-0.3, -0.25) is 9.59 Å². The number of anilines is 2. The van der Waals surface area contributed by atoms with Crippen molar-refractivity contribution in [2.45, 2.75) is 40.2 Å². The molecule has 1 saturated heterocycles. The molecule has 2 amide bonds. The second kappa shape index (κ2) is 7.82. The summed E-state index contributed by atoms with van der Waals surface area (Å²) >= 11 is 0. The predicted octanol–water partition coefficient (Wildman–Crippen LogP) is 4.08. The number of nitrogens with zero attached hydrogens (tertiary/aromatic N) is 1. The van der Waals surface area contributed by atoms with Gasteiger partial charge in [0.2, 0.25) is 11.8 Å². The van der Waals surface area contributed by atoms with Crippen LogP contribution in [0.3, 0.4) is 0 Å². The maximum atomic E-state index is 12.7. The Morgan fingerprint density at radius 2 is 1.85 bits per heavy atom. The van der Waals surface area contributed by atoms with Crippen molar-refractivity contribution in [3.05, 3.63) is 53.6 Å². The predicted molar refractivity (Wildman–Crippen MR) is 107 cm³/mol. The van der Waals surface area contributed by atoms with E-state index in [1.807, 2.05) is 70.2 Å². The van der Waals surface area contributed by atoms with Gasteiger partial charge >= 0.3 is 0 Å². The first-order valence-electron chi connectivity index (χ1n) is 9.29. The van der Waals surface area contributed by atoms with Crippen LogP contribution in [0.4, 0.5) is 11.4 Å². The van der Waals surface area contributed by atoms with Crippen LogP contribution in [0, 0.1) is 19.8 Å². The van der Waals surface area contributed by atoms with Gasteiger partial charge in [-0.05, 0) is 69.2 Å². The Morgan fingerprint density at radius 3 is 2.52 bits per heavy atom. The molecule has 0 unspecified atom stereocenters. The molecule has 0 radical (unpaired) electrons. The molecule has 27 heavy (non-hydrogen) atoms. The Labute approximate surface area is 160 Å². The Kier molecular flexibility index (Phi) is 5.49. The average molecular weight is 366 g/mol. The highest BCUT2D eigenvalue weighted by Gasteiger charge is 2.35. The van der Waals surface area contributed by atoms with Crippen molar-refractivity contribution in [3.8, 4) is 5.75 Å². The highest BCUT2D eigenvalue weighted by molar-refractivity contribution is 6.03. The lowest BCUT2D eigenvalue weighted by Gasteiger charge is -2.18. The quantitative estimate of drug-likeness (QED) is 0.867. The van der Waals surface area contributed by atoms with E-state index in [4.69, 9.17) is 4.74 Å². The van der Waals surface area contributed by atoms with Crippen LogP contribution in [0.15, 0.2) is 42.5 Å². The minimum Gasteiger partial charge on any atom is -0.491 e. The minimum absolute atomic E-state index is 0.0337. The van der Waals surface area contributed by atoms with E-state index in [0.717, 1.165) is 28.3 Å². The normalized spacial score (nSPS) is 16.7. The van der Waals surface area contributed by atoms with E-state index in [1.54, 1.807) is 4.90 Å². The van der Waals surface area contributed by atoms with Gasteiger partial charge < -0.3 is 15.0 Å². The fourth-order valence-corrected chi connectivity index (χ4v) is 3.23. The van der Waals surface area contributed by atoms with Crippen molar-refractivity contribution in [2.24, 2.45) is 5.92 Å². The Balaban J connectivity index is 1.67. The standard InChI is InChI=1S/C22H26N2O3/c1-14(2)27-19-10-8-18(9-11-19)24-13-17(12-21(24)25)22(26)23-20-7-5-6-15(3)16(20)4/h5-11,14,17H,12-13H2,1-4H3,(H,23,26)/t17-/m1/s1. The molecule has 3 rings (SSSR count). The number of amides is 2. The fourth-order valence-electron chi connectivity index (χ4n) is 3.23. The minimum atomic E-state index is -0.357. The van der Waals surface area contributed by atoms with E-state index in [1.165, 1.54) is 0 Å². The van der Waals surface area contributed by atoms with Crippen LogP contribution in [0.1, 0.15) is 31.4 Å². The molecule has 1 heterocycles. The topological polar surface area (TPSA) is 58.6 Å². The molecular formula is C22H26N2O3. The van der Waals surface area contributed by atoms with Gasteiger partial charge in [0, 0.05) is 24.3 Å². The van der Waals surface area contributed by atoms with Crippen LogP contribution >= 0.6 is 0 Å². The van der Waals surface area contributed by atoms with Crippen LogP contribution in [0.25, 0.3) is 0 Å². The summed E-state index contributed by atoms with van der Waals surface area (Å²) < 4.78 is 5.64. The first kappa shape index (κ1) is 19.0. The van der Waals surface area contributed by atoms with Crippen molar-refractivity contribution in [2.75, 3.05) is 16.8 Å². The van der Waals surface area contributed by atoms with E-state index in [-0.39, 0.29) is 30.3 Å². The van der Waals surface area contributed by atoms with Crippen molar-refractivity contribution < 1.29 is 14.3 Å². The Morgan fingerprint density at radius 1 is 1.15 bits per heavy atom. The number of rotatable bonds is 5. The molecule has 0 bridgehead atoms. The number of carbonyl (C=O) groups excluding carboxylic acids is 2. The zero-order chi connectivity index (χ0) is 19.6. The molecule has 5 heteroatoms. The van der Waals surface area contributed by atoms with Crippen molar-refractivity contribution in [1.29, 1.82) is 0 Å². The van der Waals surface area contributed by atoms with Gasteiger partial charge in [-0.25, -0.2) is 0 Å². The first-order valence-corrected chi connectivity index (χ1v) is 9.29. The van der Waals surface area contributed by atoms with Gasteiger partial charge in [-0.1, -0.05) is 12.1 Å². The third-order valence-electron chi connectivity index (χ3n) is 4.88. The summed E-state index contributed by atoms with van der Waals surface area (Å²) in [6.07, 6.45) is 0.323. The summed E-state index contributed by atoms with van der Waals surface area (Å²) in [6, 6.07) is 13.3. The second-order valence-corrected chi connectivity index (χ2v) is 7.30. The van der Waals surface area contributed by atoms with E-state index in [0.29, 0.717) is 6.54 Å². The zero-order valence-electron chi connectivity index (χ0n) is 16.3. The summed E-state index contributed by atoms with van der Waals surface area (Å²) in [5, 5.41) is 2.98. The fraction of sp³-hybridized carbons (Fsp3) is 0.364. The molecule has 0 aromatic heterocycles. The van der Waals surface area contributed by atoms with Gasteiger partial charge in [0.05, 0.1) is 12.0 Å². The largest absolute Gasteiger partial charge is 0.491 e. The van der Waals surface area contributed by atoms with Crippen molar-refractivity contribution in [1.82, 2.24) is 0 Å². The van der Waals surface area contributed by atoms with E-state index < -0.39 is 0 Å². The second-order valence-electron chi connectivity index (χ2n) is 7.30. The molecule has 1 aliphatic rings. The highest BCUT2D eigenvalue weighted by Crippen LogP contribution is 2.28. The highest BCUT2D eigenvalue weighted by atomic mass is 16.5. The number of hydrogen-bond donors (Lipinski definition) is 1. The van der Waals surface area contributed by atoms with Crippen LogP contribution < -0.4 is 15.0 Å². The van der Waals surface area contributed by atoms with Gasteiger partial charge in [0.1, 0.15) is 5.75 Å². The van der Waals surface area contributed by atoms with Crippen molar-refractivity contribution in [3.63, 3.8) is 0 Å². The van der Waals surface area contributed by atoms with E-state index in [9.17, 15) is 9.59 Å². The van der Waals surface area contributed by atoms with Crippen LogP contribution in [0.5, 0.6) is 5.75 Å². The molecule has 0 aliphatic carbocycles. The van der Waals surface area contributed by atoms with E-state index in [2.05, 4.69) is 5.32 Å². The summed E-state index contributed by atoms with van der Waals surface area (Å²) in [4.78, 5) is 26.8. The molecule has 1 N–H and O–H groups in total. The van der Waals surface area contributed by atoms with Gasteiger partial charge in [-0.15, -0.1) is 0 Å². The summed E-state index contributed by atoms with van der Waals surface area (Å²) in [7, 11) is 0. The summed E-state index contributed by atoms with van der Waals surface area (Å²) in [6.45, 7) is 8.32. The maximum absolute atomic E-state index is 12.7. The molecule has 0 spiro atoms. The molecule has 2 aromatic carbocycles. The van der Waals surface area contributed by atoms with Crippen LogP contribution in [0.2, 0.25) is 0 Å². The number of nitrogens with one attached hydrogen (secondary N) is 1. The molecule has 1 aliphatic heterocycles. The number of ether oxygens (including phenoxy) is 1. The molecule has 1 atom stereocenters. The first-order chi connectivity index (χ1) is 12.8. The molecule has 142 valence electrons. The van der Waals surface area contributed by atoms with E-state index >= 15 is 0 Å². The third kappa shape index (κ3) is 4.30. The number of benzene rings is 2. The lowest BCUT2D eigenvalue weighted by atomic mass is 10.1. The van der Waals surface area contributed by atoms with Crippen LogP contribution in [-0.2, 0) is 9.59 Å². The Hall–Kier alpha value is -2.82. The molecule has 5 nitrogen and oxygen atoms in total. The monoisotopic (exact) mass is 366 g/mol. The SMILES string of the molecule is Cc1cccc(NC(=O)[C@@H]2CC(=O)N(c3ccc(OC(C)C)cc3)C2)c1C. The molecule has 0 saturated carbocycles. The number of aryl methyl sites for hydroxylation is 1. The molecule has 2 aromatic rings. The van der Waals surface area contributed by atoms with Crippen LogP contribution in [-0.4, -0.2) is 24.5 Å².